The number of carboxylic acid groups (broad SMARTS) is 1. The third-order valence-electron chi connectivity index (χ3n) is 1.69. The van der Waals surface area contributed by atoms with E-state index in [4.69, 9.17) is 5.11 Å². The fourth-order valence-corrected chi connectivity index (χ4v) is 0.940. The number of nitrogens with one attached hydrogen (secondary N) is 2. The molecule has 0 aromatic heterocycles. The van der Waals surface area contributed by atoms with Gasteiger partial charge in [-0.15, -0.1) is 0 Å². The van der Waals surface area contributed by atoms with E-state index in [-0.39, 0.29) is 12.8 Å². The number of carbonyl (C=O) groups is 2. The number of hydrogen-bond donors (Lipinski definition) is 3. The first-order chi connectivity index (χ1) is 6.97. The third kappa shape index (κ3) is 6.38. The van der Waals surface area contributed by atoms with Crippen molar-refractivity contribution in [2.75, 3.05) is 13.7 Å². The summed E-state index contributed by atoms with van der Waals surface area (Å²) in [6, 6.07) is -0.721. The minimum absolute atomic E-state index is 0.0926. The van der Waals surface area contributed by atoms with E-state index in [0.717, 1.165) is 0 Å². The zero-order valence-corrected chi connectivity index (χ0v) is 8.23. The summed E-state index contributed by atoms with van der Waals surface area (Å²) >= 11 is 0. The molecule has 0 fully saturated rings. The number of nitro groups is 1. The normalized spacial score (nSPS) is 11.8. The highest BCUT2D eigenvalue weighted by atomic mass is 16.6. The molecule has 15 heavy (non-hydrogen) atoms. The molecule has 0 heterocycles. The molecule has 0 spiro atoms. The summed E-state index contributed by atoms with van der Waals surface area (Å²) in [5.74, 6) is -1.59. The average molecular weight is 219 g/mol. The van der Waals surface area contributed by atoms with Crippen molar-refractivity contribution in [3.8, 4) is 0 Å². The Morgan fingerprint density at radius 3 is 2.53 bits per heavy atom. The van der Waals surface area contributed by atoms with Gasteiger partial charge in [-0.1, -0.05) is 0 Å². The van der Waals surface area contributed by atoms with Crippen molar-refractivity contribution >= 4 is 11.9 Å². The highest BCUT2D eigenvalue weighted by molar-refractivity contribution is 5.82. The van der Waals surface area contributed by atoms with Gasteiger partial charge in [0, 0.05) is 11.3 Å². The summed E-state index contributed by atoms with van der Waals surface area (Å²) in [7, 11) is 1.48. The van der Waals surface area contributed by atoms with Gasteiger partial charge < -0.3 is 10.4 Å². The van der Waals surface area contributed by atoms with Gasteiger partial charge in [0.1, 0.15) is 0 Å². The maximum atomic E-state index is 11.2. The maximum Gasteiger partial charge on any atom is 0.303 e. The van der Waals surface area contributed by atoms with Gasteiger partial charge >= 0.3 is 5.97 Å². The number of rotatable bonds is 7. The van der Waals surface area contributed by atoms with Crippen LogP contribution in [-0.4, -0.2) is 41.7 Å². The number of carboxylic acids is 1. The van der Waals surface area contributed by atoms with Gasteiger partial charge in [0.2, 0.25) is 5.91 Å². The first kappa shape index (κ1) is 13.3. The number of aliphatic carboxylic acids is 1. The van der Waals surface area contributed by atoms with Crippen LogP contribution in [0.25, 0.3) is 0 Å². The SMILES string of the molecule is CNC(CCC(=O)O)C(=O)NC[N+](=O)[O-]. The molecule has 0 aromatic carbocycles. The van der Waals surface area contributed by atoms with Gasteiger partial charge in [-0.2, -0.15) is 0 Å². The van der Waals surface area contributed by atoms with Crippen LogP contribution in [0.3, 0.4) is 0 Å². The molecule has 0 aliphatic rings. The second kappa shape index (κ2) is 6.71. The highest BCUT2D eigenvalue weighted by Crippen LogP contribution is 1.96. The van der Waals surface area contributed by atoms with Crippen LogP contribution in [0.5, 0.6) is 0 Å². The molecular formula is C7H13N3O5. The fourth-order valence-electron chi connectivity index (χ4n) is 0.940. The number of nitrogens with zero attached hydrogens (tertiary/aromatic N) is 1. The Balaban J connectivity index is 3.98. The second-order valence-corrected chi connectivity index (χ2v) is 2.81. The maximum absolute atomic E-state index is 11.2. The van der Waals surface area contributed by atoms with E-state index in [9.17, 15) is 19.7 Å². The van der Waals surface area contributed by atoms with E-state index in [2.05, 4.69) is 10.6 Å². The molecule has 0 aliphatic carbocycles. The molecule has 0 radical (unpaired) electrons. The molecule has 8 nitrogen and oxygen atoms in total. The Morgan fingerprint density at radius 1 is 1.53 bits per heavy atom. The second-order valence-electron chi connectivity index (χ2n) is 2.81. The van der Waals surface area contributed by atoms with Crippen molar-refractivity contribution in [1.82, 2.24) is 10.6 Å². The van der Waals surface area contributed by atoms with Crippen LogP contribution in [-0.2, 0) is 9.59 Å². The smallest absolute Gasteiger partial charge is 0.303 e. The molecule has 0 aromatic rings. The summed E-state index contributed by atoms with van der Waals surface area (Å²) in [5, 5.41) is 23.0. The molecule has 1 atom stereocenters. The van der Waals surface area contributed by atoms with E-state index in [1.165, 1.54) is 7.05 Å². The lowest BCUT2D eigenvalue weighted by atomic mass is 10.1. The highest BCUT2D eigenvalue weighted by Gasteiger charge is 2.18. The van der Waals surface area contributed by atoms with Gasteiger partial charge in [0.25, 0.3) is 6.67 Å². The van der Waals surface area contributed by atoms with Crippen molar-refractivity contribution in [3.63, 3.8) is 0 Å². The molecule has 0 aliphatic heterocycles. The van der Waals surface area contributed by atoms with E-state index < -0.39 is 29.5 Å². The standard InChI is InChI=1S/C7H13N3O5/c1-8-5(2-3-6(11)12)7(13)9-4-10(14)15/h5,8H,2-4H2,1H3,(H,9,13)(H,11,12). The first-order valence-corrected chi connectivity index (χ1v) is 4.26. The molecule has 86 valence electrons. The lowest BCUT2D eigenvalue weighted by molar-refractivity contribution is -0.483. The van der Waals surface area contributed by atoms with Gasteiger partial charge in [-0.05, 0) is 13.5 Å². The summed E-state index contributed by atoms with van der Waals surface area (Å²) in [6.45, 7) is -0.663. The van der Waals surface area contributed by atoms with Crippen LogP contribution in [0.4, 0.5) is 0 Å². The van der Waals surface area contributed by atoms with E-state index in [1.807, 2.05) is 0 Å². The Bertz CT molecular complexity index is 255. The summed E-state index contributed by atoms with van der Waals surface area (Å²) in [5.41, 5.74) is 0. The van der Waals surface area contributed by atoms with Crippen LogP contribution in [0.1, 0.15) is 12.8 Å². The van der Waals surface area contributed by atoms with Crippen LogP contribution in [0.2, 0.25) is 0 Å². The number of hydrogen-bond acceptors (Lipinski definition) is 5. The Labute approximate surface area is 85.8 Å². The molecule has 0 rings (SSSR count). The quantitative estimate of drug-likeness (QED) is 0.280. The van der Waals surface area contributed by atoms with Gasteiger partial charge in [-0.25, -0.2) is 0 Å². The monoisotopic (exact) mass is 219 g/mol. The van der Waals surface area contributed by atoms with E-state index in [0.29, 0.717) is 0 Å². The van der Waals surface area contributed by atoms with Crippen molar-refractivity contribution in [1.29, 1.82) is 0 Å². The minimum atomic E-state index is -1.02. The van der Waals surface area contributed by atoms with Gasteiger partial charge in [0.05, 0.1) is 6.04 Å². The largest absolute Gasteiger partial charge is 0.481 e. The first-order valence-electron chi connectivity index (χ1n) is 4.26. The number of likely N-dealkylation sites (N-methyl/N-ethyl adjacent to an activating group) is 1. The topological polar surface area (TPSA) is 122 Å². The predicted molar refractivity (Wildman–Crippen MR) is 49.7 cm³/mol. The molecular weight excluding hydrogens is 206 g/mol. The van der Waals surface area contributed by atoms with Crippen molar-refractivity contribution in [2.24, 2.45) is 0 Å². The van der Waals surface area contributed by atoms with Crippen LogP contribution < -0.4 is 10.6 Å². The van der Waals surface area contributed by atoms with Crippen LogP contribution >= 0.6 is 0 Å². The summed E-state index contributed by atoms with van der Waals surface area (Å²) in [4.78, 5) is 30.7. The average Bonchev–Trinajstić information content (AvgIpc) is 2.15. The van der Waals surface area contributed by atoms with E-state index >= 15 is 0 Å². The van der Waals surface area contributed by atoms with Crippen LogP contribution in [0.15, 0.2) is 0 Å². The van der Waals surface area contributed by atoms with Crippen molar-refractivity contribution in [3.05, 3.63) is 10.1 Å². The zero-order chi connectivity index (χ0) is 11.8. The molecule has 1 unspecified atom stereocenters. The predicted octanol–water partition coefficient (Wildman–Crippen LogP) is -1.21. The lowest BCUT2D eigenvalue weighted by Gasteiger charge is -2.12. The summed E-state index contributed by atoms with van der Waals surface area (Å²) in [6.07, 6.45) is -0.0766. The fraction of sp³-hybridized carbons (Fsp3) is 0.714. The molecule has 0 saturated heterocycles. The van der Waals surface area contributed by atoms with Crippen LogP contribution in [0, 0.1) is 10.1 Å². The molecule has 8 heteroatoms. The summed E-state index contributed by atoms with van der Waals surface area (Å²) < 4.78 is 0. The molecule has 3 N–H and O–H groups in total. The van der Waals surface area contributed by atoms with E-state index in [1.54, 1.807) is 0 Å². The molecule has 0 bridgehead atoms. The Morgan fingerprint density at radius 2 is 2.13 bits per heavy atom. The zero-order valence-electron chi connectivity index (χ0n) is 8.23. The molecule has 1 amide bonds. The van der Waals surface area contributed by atoms with Crippen molar-refractivity contribution in [2.45, 2.75) is 18.9 Å². The minimum Gasteiger partial charge on any atom is -0.481 e. The Kier molecular flexibility index (Phi) is 5.95. The number of amides is 1. The van der Waals surface area contributed by atoms with Gasteiger partial charge in [0.15, 0.2) is 0 Å². The third-order valence-corrected chi connectivity index (χ3v) is 1.69. The van der Waals surface area contributed by atoms with Gasteiger partial charge in [-0.3, -0.25) is 25.0 Å². The lowest BCUT2D eigenvalue weighted by Crippen LogP contribution is -2.44. The molecule has 0 saturated carbocycles. The number of carbonyl (C=O) groups excluding carboxylic acids is 1. The Hall–Kier alpha value is -1.70. The van der Waals surface area contributed by atoms with Crippen molar-refractivity contribution < 1.29 is 19.6 Å².